The van der Waals surface area contributed by atoms with Gasteiger partial charge in [-0.2, -0.15) is 0 Å². The molecule has 0 saturated carbocycles. The van der Waals surface area contributed by atoms with Gasteiger partial charge in [0.25, 0.3) is 5.91 Å². The number of carbonyl (C=O) groups is 3. The van der Waals surface area contributed by atoms with Crippen LogP contribution in [0.3, 0.4) is 0 Å². The van der Waals surface area contributed by atoms with Gasteiger partial charge in [0.15, 0.2) is 25.5 Å². The highest BCUT2D eigenvalue weighted by Gasteiger charge is 2.31. The number of amides is 1. The summed E-state index contributed by atoms with van der Waals surface area (Å²) in [5.74, 6) is -4.82. The van der Waals surface area contributed by atoms with Crippen LogP contribution in [0.2, 0.25) is 0 Å². The minimum Gasteiger partial charge on any atom is -0.460 e. The number of esters is 1. The molecule has 1 aromatic carbocycles. The minimum absolute atomic E-state index is 0.0795. The van der Waals surface area contributed by atoms with Crippen LogP contribution in [0.5, 0.6) is 0 Å². The first kappa shape index (κ1) is 35.6. The normalized spacial score (nSPS) is 12.3. The molecule has 14 heteroatoms. The Morgan fingerprint density at radius 3 is 1.77 bits per heavy atom. The van der Waals surface area contributed by atoms with E-state index in [1.807, 2.05) is 0 Å². The van der Waals surface area contributed by atoms with Crippen molar-refractivity contribution in [3.8, 4) is 0 Å². The van der Waals surface area contributed by atoms with Gasteiger partial charge in [0, 0.05) is 31.9 Å². The van der Waals surface area contributed by atoms with Gasteiger partial charge in [0.2, 0.25) is 0 Å². The summed E-state index contributed by atoms with van der Waals surface area (Å²) in [5, 5.41) is 2.65. The molecule has 1 amide bonds. The SMILES string of the molecule is COCCS(=O)(=O)CC(CS(=O)(=O)CCOC)C(=O)c1ccc(C(=O)NCCOCCC(=O)OC(C)(C)C)cc1. The van der Waals surface area contributed by atoms with Gasteiger partial charge in [-0.1, -0.05) is 12.1 Å². The van der Waals surface area contributed by atoms with Crippen molar-refractivity contribution in [2.75, 3.05) is 70.2 Å². The molecule has 0 unspecified atom stereocenters. The number of hydrogen-bond donors (Lipinski definition) is 1. The van der Waals surface area contributed by atoms with Gasteiger partial charge in [-0.25, -0.2) is 16.8 Å². The first-order chi connectivity index (χ1) is 18.6. The summed E-state index contributed by atoms with van der Waals surface area (Å²) in [7, 11) is -4.89. The molecule has 228 valence electrons. The van der Waals surface area contributed by atoms with Gasteiger partial charge in [-0.3, -0.25) is 14.4 Å². The van der Waals surface area contributed by atoms with Crippen LogP contribution in [0.15, 0.2) is 24.3 Å². The van der Waals surface area contributed by atoms with E-state index in [4.69, 9.17) is 18.9 Å². The molecule has 0 spiro atoms. The number of methoxy groups -OCH3 is 2. The Morgan fingerprint density at radius 1 is 0.800 bits per heavy atom. The van der Waals surface area contributed by atoms with Crippen LogP contribution < -0.4 is 5.32 Å². The van der Waals surface area contributed by atoms with Crippen molar-refractivity contribution in [1.82, 2.24) is 5.32 Å². The summed E-state index contributed by atoms with van der Waals surface area (Å²) in [6.07, 6.45) is 0.0864. The predicted octanol–water partition coefficient (Wildman–Crippen LogP) is 1.09. The Labute approximate surface area is 236 Å². The summed E-state index contributed by atoms with van der Waals surface area (Å²) in [4.78, 5) is 37.3. The standard InChI is InChI=1S/C26H41NO11S2/c1-26(2,3)38-23(28)10-12-37-13-11-27-25(30)21-8-6-20(7-9-21)24(29)22(18-39(31,32)16-14-35-4)19-40(33,34)17-15-36-5/h6-9,22H,10-19H2,1-5H3,(H,27,30). The summed E-state index contributed by atoms with van der Waals surface area (Å²) >= 11 is 0. The molecular formula is C26H41NO11S2. The molecule has 0 radical (unpaired) electrons. The van der Waals surface area contributed by atoms with Crippen molar-refractivity contribution in [2.24, 2.45) is 5.92 Å². The highest BCUT2D eigenvalue weighted by atomic mass is 32.2. The molecule has 1 N–H and O–H groups in total. The van der Waals surface area contributed by atoms with E-state index in [-0.39, 0.29) is 68.0 Å². The molecule has 0 saturated heterocycles. The number of nitrogens with one attached hydrogen (secondary N) is 1. The van der Waals surface area contributed by atoms with Crippen molar-refractivity contribution in [1.29, 1.82) is 0 Å². The number of ether oxygens (including phenoxy) is 4. The monoisotopic (exact) mass is 607 g/mol. The maximum atomic E-state index is 13.2. The highest BCUT2D eigenvalue weighted by molar-refractivity contribution is 7.92. The molecule has 1 rings (SSSR count). The number of benzene rings is 1. The second-order valence-electron chi connectivity index (χ2n) is 10.1. The molecule has 12 nitrogen and oxygen atoms in total. The fraction of sp³-hybridized carbons (Fsp3) is 0.654. The Kier molecular flexibility index (Phi) is 14.9. The summed E-state index contributed by atoms with van der Waals surface area (Å²) < 4.78 is 70.1. The molecule has 0 aliphatic heterocycles. The first-order valence-corrected chi connectivity index (χ1v) is 16.3. The Balaban J connectivity index is 2.77. The smallest absolute Gasteiger partial charge is 0.308 e. The molecule has 0 aliphatic carbocycles. The van der Waals surface area contributed by atoms with Gasteiger partial charge in [0.1, 0.15) is 5.60 Å². The average molecular weight is 608 g/mol. The second kappa shape index (κ2) is 16.8. The zero-order valence-electron chi connectivity index (χ0n) is 23.8. The van der Waals surface area contributed by atoms with Crippen LogP contribution in [0, 0.1) is 5.92 Å². The Hall–Kier alpha value is -2.39. The third kappa shape index (κ3) is 14.8. The van der Waals surface area contributed by atoms with Gasteiger partial charge in [-0.15, -0.1) is 0 Å². The number of hydrogen-bond acceptors (Lipinski definition) is 11. The average Bonchev–Trinajstić information content (AvgIpc) is 2.86. The first-order valence-electron chi connectivity index (χ1n) is 12.7. The van der Waals surface area contributed by atoms with E-state index in [2.05, 4.69) is 5.32 Å². The highest BCUT2D eigenvalue weighted by Crippen LogP contribution is 2.17. The van der Waals surface area contributed by atoms with E-state index in [1.54, 1.807) is 20.8 Å². The number of ketones is 1. The molecule has 0 aliphatic rings. The molecule has 1 aromatic rings. The topological polar surface area (TPSA) is 168 Å². The predicted molar refractivity (Wildman–Crippen MR) is 149 cm³/mol. The van der Waals surface area contributed by atoms with E-state index < -0.39 is 54.4 Å². The fourth-order valence-corrected chi connectivity index (χ4v) is 6.50. The van der Waals surface area contributed by atoms with Crippen LogP contribution in [-0.4, -0.2) is 110 Å². The largest absolute Gasteiger partial charge is 0.460 e. The molecule has 0 heterocycles. The van der Waals surface area contributed by atoms with Gasteiger partial charge >= 0.3 is 5.97 Å². The van der Waals surface area contributed by atoms with Crippen molar-refractivity contribution in [3.63, 3.8) is 0 Å². The van der Waals surface area contributed by atoms with Crippen molar-refractivity contribution < 1.29 is 50.2 Å². The van der Waals surface area contributed by atoms with Gasteiger partial charge < -0.3 is 24.3 Å². The number of carbonyl (C=O) groups excluding carboxylic acids is 3. The van der Waals surface area contributed by atoms with Crippen molar-refractivity contribution >= 4 is 37.3 Å². The molecule has 0 fully saturated rings. The number of Topliss-reactive ketones (excluding diaryl/α,β-unsaturated/α-hetero) is 1. The molecule has 0 aromatic heterocycles. The van der Waals surface area contributed by atoms with Crippen LogP contribution in [0.1, 0.15) is 47.9 Å². The summed E-state index contributed by atoms with van der Waals surface area (Å²) in [6, 6.07) is 5.49. The maximum absolute atomic E-state index is 13.2. The van der Waals surface area contributed by atoms with E-state index in [9.17, 15) is 31.2 Å². The van der Waals surface area contributed by atoms with Crippen LogP contribution in [0.25, 0.3) is 0 Å². The second-order valence-corrected chi connectivity index (χ2v) is 14.5. The minimum atomic E-state index is -3.78. The fourth-order valence-electron chi connectivity index (χ4n) is 3.41. The van der Waals surface area contributed by atoms with Crippen LogP contribution in [-0.2, 0) is 43.4 Å². The maximum Gasteiger partial charge on any atom is 0.308 e. The zero-order chi connectivity index (χ0) is 30.4. The Morgan fingerprint density at radius 2 is 1.30 bits per heavy atom. The van der Waals surface area contributed by atoms with E-state index in [0.29, 0.717) is 0 Å². The zero-order valence-corrected chi connectivity index (χ0v) is 25.4. The molecule has 40 heavy (non-hydrogen) atoms. The lowest BCUT2D eigenvalue weighted by molar-refractivity contribution is -0.156. The quantitative estimate of drug-likeness (QED) is 0.136. The van der Waals surface area contributed by atoms with Crippen molar-refractivity contribution in [3.05, 3.63) is 35.4 Å². The molecule has 0 bridgehead atoms. The summed E-state index contributed by atoms with van der Waals surface area (Å²) in [5.41, 5.74) is -0.256. The summed E-state index contributed by atoms with van der Waals surface area (Å²) in [6.45, 7) is 5.63. The van der Waals surface area contributed by atoms with E-state index in [1.165, 1.54) is 38.5 Å². The van der Waals surface area contributed by atoms with E-state index in [0.717, 1.165) is 0 Å². The lowest BCUT2D eigenvalue weighted by Gasteiger charge is -2.19. The van der Waals surface area contributed by atoms with Gasteiger partial charge in [-0.05, 0) is 32.9 Å². The number of sulfone groups is 2. The lowest BCUT2D eigenvalue weighted by Crippen LogP contribution is -2.33. The number of rotatable bonds is 19. The van der Waals surface area contributed by atoms with Crippen LogP contribution in [0.4, 0.5) is 0 Å². The van der Waals surface area contributed by atoms with Crippen molar-refractivity contribution in [2.45, 2.75) is 32.8 Å². The Bertz CT molecular complexity index is 1130. The van der Waals surface area contributed by atoms with Gasteiger partial charge in [0.05, 0.1) is 61.8 Å². The third-order valence-corrected chi connectivity index (χ3v) is 8.71. The lowest BCUT2D eigenvalue weighted by atomic mass is 9.99. The molecule has 0 atom stereocenters. The third-order valence-electron chi connectivity index (χ3n) is 5.31. The molecular weight excluding hydrogens is 566 g/mol. The van der Waals surface area contributed by atoms with E-state index >= 15 is 0 Å². The van der Waals surface area contributed by atoms with Crippen LogP contribution >= 0.6 is 0 Å².